The molecule has 2 heterocycles. The zero-order valence-electron chi connectivity index (χ0n) is 9.91. The summed E-state index contributed by atoms with van der Waals surface area (Å²) in [4.78, 5) is 13.6. The van der Waals surface area contributed by atoms with E-state index in [0.717, 1.165) is 18.5 Å². The Morgan fingerprint density at radius 1 is 1.71 bits per heavy atom. The second-order valence-corrected chi connectivity index (χ2v) is 4.40. The van der Waals surface area contributed by atoms with E-state index >= 15 is 0 Å². The molecule has 1 fully saturated rings. The molecule has 5 nitrogen and oxygen atoms in total. The van der Waals surface area contributed by atoms with Crippen LogP contribution < -0.4 is 0 Å². The Labute approximate surface area is 100 Å². The van der Waals surface area contributed by atoms with Gasteiger partial charge in [0, 0.05) is 50.5 Å². The number of rotatable bonds is 3. The maximum Gasteiger partial charge on any atom is 0.246 e. The predicted molar refractivity (Wildman–Crippen MR) is 64.0 cm³/mol. The Hall–Kier alpha value is -1.62. The van der Waals surface area contributed by atoms with Crippen LogP contribution in [-0.4, -0.2) is 45.4 Å². The van der Waals surface area contributed by atoms with Crippen LogP contribution >= 0.6 is 0 Å². The van der Waals surface area contributed by atoms with Crippen LogP contribution in [0.1, 0.15) is 12.0 Å². The van der Waals surface area contributed by atoms with Crippen LogP contribution in [-0.2, 0) is 11.8 Å². The number of carbonyl (C=O) groups excluding carboxylic acids is 1. The van der Waals surface area contributed by atoms with Gasteiger partial charge in [-0.15, -0.1) is 0 Å². The van der Waals surface area contributed by atoms with E-state index in [0.29, 0.717) is 6.54 Å². The smallest absolute Gasteiger partial charge is 0.246 e. The lowest BCUT2D eigenvalue weighted by molar-refractivity contribution is -0.125. The van der Waals surface area contributed by atoms with E-state index in [1.807, 2.05) is 13.2 Å². The van der Waals surface area contributed by atoms with Crippen LogP contribution in [0.4, 0.5) is 0 Å². The third-order valence-electron chi connectivity index (χ3n) is 3.00. The van der Waals surface area contributed by atoms with Crippen molar-refractivity contribution in [2.75, 3.05) is 19.7 Å². The lowest BCUT2D eigenvalue weighted by atomic mass is 10.1. The molecule has 0 aliphatic carbocycles. The van der Waals surface area contributed by atoms with Crippen molar-refractivity contribution < 1.29 is 9.90 Å². The van der Waals surface area contributed by atoms with Crippen molar-refractivity contribution in [3.8, 4) is 0 Å². The fourth-order valence-corrected chi connectivity index (χ4v) is 1.98. The number of nitrogens with zero attached hydrogens (tertiary/aromatic N) is 3. The fraction of sp³-hybridized carbons (Fsp3) is 0.500. The van der Waals surface area contributed by atoms with Crippen molar-refractivity contribution in [3.63, 3.8) is 0 Å². The van der Waals surface area contributed by atoms with E-state index in [4.69, 9.17) is 5.11 Å². The van der Waals surface area contributed by atoms with Gasteiger partial charge in [0.25, 0.3) is 0 Å². The van der Waals surface area contributed by atoms with Crippen LogP contribution in [0.2, 0.25) is 0 Å². The quantitative estimate of drug-likeness (QED) is 0.765. The first-order valence-corrected chi connectivity index (χ1v) is 5.75. The Morgan fingerprint density at radius 2 is 2.53 bits per heavy atom. The van der Waals surface area contributed by atoms with Gasteiger partial charge in [0.2, 0.25) is 5.91 Å². The van der Waals surface area contributed by atoms with E-state index in [9.17, 15) is 4.79 Å². The molecular weight excluding hydrogens is 218 g/mol. The van der Waals surface area contributed by atoms with Crippen molar-refractivity contribution >= 4 is 12.0 Å². The maximum atomic E-state index is 11.8. The highest BCUT2D eigenvalue weighted by Gasteiger charge is 2.23. The molecule has 0 radical (unpaired) electrons. The summed E-state index contributed by atoms with van der Waals surface area (Å²) < 4.78 is 1.70. The van der Waals surface area contributed by atoms with E-state index in [1.165, 1.54) is 0 Å². The predicted octanol–water partition coefficient (Wildman–Crippen LogP) is 0.274. The lowest BCUT2D eigenvalue weighted by Crippen LogP contribution is -2.27. The molecule has 1 aromatic heterocycles. The second kappa shape index (κ2) is 5.14. The minimum absolute atomic E-state index is 0.00445. The van der Waals surface area contributed by atoms with Gasteiger partial charge in [0.1, 0.15) is 0 Å². The molecule has 0 bridgehead atoms. The van der Waals surface area contributed by atoms with Gasteiger partial charge in [-0.05, 0) is 12.5 Å². The average Bonchev–Trinajstić information content (AvgIpc) is 2.94. The van der Waals surface area contributed by atoms with E-state index < -0.39 is 0 Å². The van der Waals surface area contributed by atoms with E-state index in [2.05, 4.69) is 5.10 Å². The van der Waals surface area contributed by atoms with Gasteiger partial charge in [0.05, 0.1) is 6.20 Å². The standard InChI is InChI=1S/C12H17N3O2/c1-14-7-10(6-13-14)2-3-12(17)15-5-4-11(8-15)9-16/h2-3,6-7,11,16H,4-5,8-9H2,1H3. The van der Waals surface area contributed by atoms with Gasteiger partial charge < -0.3 is 10.0 Å². The number of aliphatic hydroxyl groups excluding tert-OH is 1. The number of hydrogen-bond donors (Lipinski definition) is 1. The van der Waals surface area contributed by atoms with Gasteiger partial charge in [-0.1, -0.05) is 0 Å². The van der Waals surface area contributed by atoms with Crippen LogP contribution in [0.15, 0.2) is 18.5 Å². The molecule has 1 N–H and O–H groups in total. The van der Waals surface area contributed by atoms with Crippen LogP contribution in [0.5, 0.6) is 0 Å². The lowest BCUT2D eigenvalue weighted by Gasteiger charge is -2.13. The molecule has 1 atom stereocenters. The van der Waals surface area contributed by atoms with Gasteiger partial charge in [-0.3, -0.25) is 9.48 Å². The summed E-state index contributed by atoms with van der Waals surface area (Å²) in [5.74, 6) is 0.246. The third kappa shape index (κ3) is 2.94. The molecule has 0 aromatic carbocycles. The first-order chi connectivity index (χ1) is 8.19. The summed E-state index contributed by atoms with van der Waals surface area (Å²) >= 11 is 0. The number of hydrogen-bond acceptors (Lipinski definition) is 3. The number of aromatic nitrogens is 2. The molecule has 2 rings (SSSR count). The summed E-state index contributed by atoms with van der Waals surface area (Å²) in [5.41, 5.74) is 0.916. The molecule has 1 saturated heterocycles. The minimum atomic E-state index is 0.00445. The van der Waals surface area contributed by atoms with E-state index in [1.54, 1.807) is 27.9 Å². The molecule has 1 amide bonds. The third-order valence-corrected chi connectivity index (χ3v) is 3.00. The molecule has 1 unspecified atom stereocenters. The maximum absolute atomic E-state index is 11.8. The molecule has 0 spiro atoms. The van der Waals surface area contributed by atoms with Gasteiger partial charge in [-0.25, -0.2) is 0 Å². The molecule has 1 aliphatic rings. The zero-order valence-corrected chi connectivity index (χ0v) is 9.91. The monoisotopic (exact) mass is 235 g/mol. The first-order valence-electron chi connectivity index (χ1n) is 5.75. The van der Waals surface area contributed by atoms with Crippen LogP contribution in [0.3, 0.4) is 0 Å². The molecule has 5 heteroatoms. The summed E-state index contributed by atoms with van der Waals surface area (Å²) in [6.45, 7) is 1.56. The summed E-state index contributed by atoms with van der Waals surface area (Å²) in [6, 6.07) is 0. The van der Waals surface area contributed by atoms with Crippen molar-refractivity contribution in [2.24, 2.45) is 13.0 Å². The van der Waals surface area contributed by atoms with Crippen LogP contribution in [0.25, 0.3) is 6.08 Å². The molecule has 17 heavy (non-hydrogen) atoms. The molecule has 0 saturated carbocycles. The number of amides is 1. The van der Waals surface area contributed by atoms with Crippen molar-refractivity contribution in [3.05, 3.63) is 24.0 Å². The van der Waals surface area contributed by atoms with Crippen LogP contribution in [0, 0.1) is 5.92 Å². The van der Waals surface area contributed by atoms with Gasteiger partial charge in [-0.2, -0.15) is 5.10 Å². The molecule has 92 valence electrons. The Morgan fingerprint density at radius 3 is 3.12 bits per heavy atom. The largest absolute Gasteiger partial charge is 0.396 e. The van der Waals surface area contributed by atoms with Crippen molar-refractivity contribution in [1.82, 2.24) is 14.7 Å². The SMILES string of the molecule is Cn1cc(C=CC(=O)N2CCC(CO)C2)cn1. The zero-order chi connectivity index (χ0) is 12.3. The Bertz CT molecular complexity index is 425. The molecule has 1 aliphatic heterocycles. The highest BCUT2D eigenvalue weighted by atomic mass is 16.3. The second-order valence-electron chi connectivity index (χ2n) is 4.40. The Kier molecular flexibility index (Phi) is 3.58. The highest BCUT2D eigenvalue weighted by molar-refractivity contribution is 5.91. The summed E-state index contributed by atoms with van der Waals surface area (Å²) in [6.07, 6.45) is 7.79. The Balaban J connectivity index is 1.91. The molecular formula is C12H17N3O2. The van der Waals surface area contributed by atoms with E-state index in [-0.39, 0.29) is 18.4 Å². The van der Waals surface area contributed by atoms with Gasteiger partial charge in [0.15, 0.2) is 0 Å². The topological polar surface area (TPSA) is 58.4 Å². The number of aliphatic hydroxyl groups is 1. The fourth-order valence-electron chi connectivity index (χ4n) is 1.98. The molecule has 1 aromatic rings. The van der Waals surface area contributed by atoms with Gasteiger partial charge >= 0.3 is 0 Å². The van der Waals surface area contributed by atoms with Crippen molar-refractivity contribution in [2.45, 2.75) is 6.42 Å². The average molecular weight is 235 g/mol. The number of likely N-dealkylation sites (tertiary alicyclic amines) is 1. The summed E-state index contributed by atoms with van der Waals surface area (Å²) in [7, 11) is 1.84. The summed E-state index contributed by atoms with van der Waals surface area (Å²) in [5, 5.41) is 13.0. The normalized spacial score (nSPS) is 20.4. The minimum Gasteiger partial charge on any atom is -0.396 e. The highest BCUT2D eigenvalue weighted by Crippen LogP contribution is 2.15. The number of carbonyl (C=O) groups is 1. The first kappa shape index (κ1) is 11.9. The van der Waals surface area contributed by atoms with Crippen molar-refractivity contribution in [1.29, 1.82) is 0 Å². The number of aryl methyl sites for hydroxylation is 1.